The Kier molecular flexibility index (Phi) is 4.69. The Labute approximate surface area is 70.1 Å². The van der Waals surface area contributed by atoms with Crippen LogP contribution in [0, 0.1) is 11.3 Å². The molecule has 0 spiro atoms. The number of methoxy groups -OCH3 is 1. The molecule has 0 amide bonds. The first-order valence-corrected chi connectivity index (χ1v) is 4.23. The van der Waals surface area contributed by atoms with Crippen molar-refractivity contribution in [2.75, 3.05) is 20.3 Å². The molecule has 0 fully saturated rings. The van der Waals surface area contributed by atoms with Gasteiger partial charge in [-0.25, -0.2) is 0 Å². The number of nitrogens with two attached hydrogens (primary N) is 1. The Morgan fingerprint density at radius 3 is 2.36 bits per heavy atom. The smallest absolute Gasteiger partial charge is 0.0465 e. The first-order chi connectivity index (χ1) is 5.04. The fourth-order valence-electron chi connectivity index (χ4n) is 0.887. The lowest BCUT2D eigenvalue weighted by Crippen LogP contribution is -2.31. The summed E-state index contributed by atoms with van der Waals surface area (Å²) in [6.45, 7) is 8.22. The molecule has 11 heavy (non-hydrogen) atoms. The first kappa shape index (κ1) is 10.9. The summed E-state index contributed by atoms with van der Waals surface area (Å²) in [6.07, 6.45) is 1.10. The van der Waals surface area contributed by atoms with Crippen LogP contribution in [0.1, 0.15) is 27.2 Å². The van der Waals surface area contributed by atoms with Crippen molar-refractivity contribution in [2.45, 2.75) is 27.2 Å². The van der Waals surface area contributed by atoms with Gasteiger partial charge >= 0.3 is 0 Å². The van der Waals surface area contributed by atoms with E-state index < -0.39 is 0 Å². The zero-order valence-corrected chi connectivity index (χ0v) is 8.18. The molecule has 0 radical (unpaired) electrons. The molecule has 0 aromatic rings. The Morgan fingerprint density at radius 1 is 1.45 bits per heavy atom. The van der Waals surface area contributed by atoms with E-state index in [1.54, 1.807) is 7.11 Å². The molecule has 0 aliphatic carbocycles. The maximum Gasteiger partial charge on any atom is 0.0465 e. The molecular weight excluding hydrogens is 138 g/mol. The zero-order valence-electron chi connectivity index (χ0n) is 8.18. The highest BCUT2D eigenvalue weighted by molar-refractivity contribution is 4.75. The highest BCUT2D eigenvalue weighted by Gasteiger charge is 2.23. The van der Waals surface area contributed by atoms with Crippen molar-refractivity contribution in [1.82, 2.24) is 0 Å². The molecule has 0 aliphatic rings. The third kappa shape index (κ3) is 3.73. The van der Waals surface area contributed by atoms with Gasteiger partial charge in [0.25, 0.3) is 0 Å². The molecule has 0 heterocycles. The summed E-state index contributed by atoms with van der Waals surface area (Å²) in [5, 5.41) is 0. The Balaban J connectivity index is 3.71. The quantitative estimate of drug-likeness (QED) is 0.662. The van der Waals surface area contributed by atoms with Gasteiger partial charge in [0.1, 0.15) is 0 Å². The van der Waals surface area contributed by atoms with Crippen LogP contribution < -0.4 is 5.73 Å². The van der Waals surface area contributed by atoms with Gasteiger partial charge in [0.2, 0.25) is 0 Å². The summed E-state index contributed by atoms with van der Waals surface area (Å²) >= 11 is 0. The highest BCUT2D eigenvalue weighted by Crippen LogP contribution is 2.27. The standard InChI is InChI=1S/C9H21NO/c1-8(5-6-11-4)9(2,3)7-10/h8H,5-7,10H2,1-4H3. The van der Waals surface area contributed by atoms with E-state index in [0.29, 0.717) is 5.92 Å². The molecular formula is C9H21NO. The van der Waals surface area contributed by atoms with Crippen molar-refractivity contribution < 1.29 is 4.74 Å². The normalized spacial score (nSPS) is 15.0. The van der Waals surface area contributed by atoms with Gasteiger partial charge < -0.3 is 10.5 Å². The second kappa shape index (κ2) is 4.73. The fourth-order valence-corrected chi connectivity index (χ4v) is 0.887. The van der Waals surface area contributed by atoms with E-state index in [1.807, 2.05) is 0 Å². The van der Waals surface area contributed by atoms with Gasteiger partial charge in [-0.15, -0.1) is 0 Å². The van der Waals surface area contributed by atoms with Crippen LogP contribution in [0.25, 0.3) is 0 Å². The molecule has 0 aliphatic heterocycles. The average molecular weight is 159 g/mol. The largest absolute Gasteiger partial charge is 0.385 e. The van der Waals surface area contributed by atoms with Crippen molar-refractivity contribution in [2.24, 2.45) is 17.1 Å². The number of hydrogen-bond acceptors (Lipinski definition) is 2. The molecule has 0 rings (SSSR count). The van der Waals surface area contributed by atoms with Gasteiger partial charge in [-0.3, -0.25) is 0 Å². The maximum absolute atomic E-state index is 5.64. The van der Waals surface area contributed by atoms with E-state index >= 15 is 0 Å². The predicted molar refractivity (Wildman–Crippen MR) is 48.5 cm³/mol. The van der Waals surface area contributed by atoms with Crippen molar-refractivity contribution >= 4 is 0 Å². The van der Waals surface area contributed by atoms with Crippen LogP contribution in [0.2, 0.25) is 0 Å². The highest BCUT2D eigenvalue weighted by atomic mass is 16.5. The Hall–Kier alpha value is -0.0800. The molecule has 0 bridgehead atoms. The summed E-state index contributed by atoms with van der Waals surface area (Å²) in [6, 6.07) is 0. The van der Waals surface area contributed by atoms with Gasteiger partial charge in [0.05, 0.1) is 0 Å². The first-order valence-electron chi connectivity index (χ1n) is 4.23. The fraction of sp³-hybridized carbons (Fsp3) is 1.00. The van der Waals surface area contributed by atoms with Gasteiger partial charge in [-0.1, -0.05) is 20.8 Å². The summed E-state index contributed by atoms with van der Waals surface area (Å²) in [7, 11) is 1.74. The van der Waals surface area contributed by atoms with E-state index in [4.69, 9.17) is 10.5 Å². The monoisotopic (exact) mass is 159 g/mol. The SMILES string of the molecule is COCCC(C)C(C)(C)CN. The third-order valence-corrected chi connectivity index (χ3v) is 2.62. The lowest BCUT2D eigenvalue weighted by molar-refractivity contribution is 0.140. The van der Waals surface area contributed by atoms with E-state index in [-0.39, 0.29) is 5.41 Å². The second-order valence-corrected chi connectivity index (χ2v) is 3.88. The maximum atomic E-state index is 5.64. The summed E-state index contributed by atoms with van der Waals surface area (Å²) in [4.78, 5) is 0. The molecule has 1 unspecified atom stereocenters. The van der Waals surface area contributed by atoms with Crippen LogP contribution in [0.4, 0.5) is 0 Å². The predicted octanol–water partition coefficient (Wildman–Crippen LogP) is 1.64. The van der Waals surface area contributed by atoms with Crippen molar-refractivity contribution in [3.8, 4) is 0 Å². The average Bonchev–Trinajstić information content (AvgIpc) is 2.00. The molecule has 0 aromatic carbocycles. The van der Waals surface area contributed by atoms with Crippen LogP contribution >= 0.6 is 0 Å². The minimum Gasteiger partial charge on any atom is -0.385 e. The molecule has 0 saturated carbocycles. The summed E-state index contributed by atoms with van der Waals surface area (Å²) in [5.74, 6) is 0.632. The minimum absolute atomic E-state index is 0.249. The Bertz CT molecular complexity index is 102. The van der Waals surface area contributed by atoms with Crippen LogP contribution in [0.5, 0.6) is 0 Å². The van der Waals surface area contributed by atoms with Gasteiger partial charge in [0, 0.05) is 13.7 Å². The van der Waals surface area contributed by atoms with Crippen LogP contribution in [0.15, 0.2) is 0 Å². The third-order valence-electron chi connectivity index (χ3n) is 2.62. The molecule has 2 N–H and O–H groups in total. The van der Waals surface area contributed by atoms with Crippen LogP contribution in [0.3, 0.4) is 0 Å². The van der Waals surface area contributed by atoms with Gasteiger partial charge in [-0.2, -0.15) is 0 Å². The van der Waals surface area contributed by atoms with E-state index in [1.165, 1.54) is 0 Å². The molecule has 0 aromatic heterocycles. The number of hydrogen-bond donors (Lipinski definition) is 1. The van der Waals surface area contributed by atoms with Crippen LogP contribution in [-0.2, 0) is 4.74 Å². The molecule has 1 atom stereocenters. The Morgan fingerprint density at radius 2 is 2.00 bits per heavy atom. The van der Waals surface area contributed by atoms with Crippen molar-refractivity contribution in [3.05, 3.63) is 0 Å². The summed E-state index contributed by atoms with van der Waals surface area (Å²) in [5.41, 5.74) is 5.89. The van der Waals surface area contributed by atoms with Crippen molar-refractivity contribution in [3.63, 3.8) is 0 Å². The lowest BCUT2D eigenvalue weighted by Gasteiger charge is -2.30. The summed E-state index contributed by atoms with van der Waals surface area (Å²) < 4.78 is 5.01. The minimum atomic E-state index is 0.249. The van der Waals surface area contributed by atoms with Crippen LogP contribution in [-0.4, -0.2) is 20.3 Å². The number of ether oxygens (including phenoxy) is 1. The lowest BCUT2D eigenvalue weighted by atomic mass is 9.78. The van der Waals surface area contributed by atoms with E-state index in [9.17, 15) is 0 Å². The van der Waals surface area contributed by atoms with Crippen molar-refractivity contribution in [1.29, 1.82) is 0 Å². The topological polar surface area (TPSA) is 35.2 Å². The zero-order chi connectivity index (χ0) is 8.91. The van der Waals surface area contributed by atoms with Gasteiger partial charge in [-0.05, 0) is 24.3 Å². The van der Waals surface area contributed by atoms with Gasteiger partial charge in [0.15, 0.2) is 0 Å². The second-order valence-electron chi connectivity index (χ2n) is 3.88. The van der Waals surface area contributed by atoms with E-state index in [2.05, 4.69) is 20.8 Å². The molecule has 2 nitrogen and oxygen atoms in total. The molecule has 68 valence electrons. The number of rotatable bonds is 5. The molecule has 0 saturated heterocycles. The molecule has 2 heteroatoms. The van der Waals surface area contributed by atoms with E-state index in [0.717, 1.165) is 19.6 Å².